The van der Waals surface area contributed by atoms with Crippen LogP contribution in [-0.2, 0) is 32.2 Å². The predicted octanol–water partition coefficient (Wildman–Crippen LogP) is 1.59. The number of likely N-dealkylation sites (tertiary alicyclic amines) is 1. The second kappa shape index (κ2) is 9.73. The molecule has 2 N–H and O–H groups in total. The van der Waals surface area contributed by atoms with Crippen molar-refractivity contribution in [3.8, 4) is 0 Å². The minimum absolute atomic E-state index is 0.00540. The van der Waals surface area contributed by atoms with Crippen LogP contribution in [0.2, 0.25) is 0 Å². The summed E-state index contributed by atoms with van der Waals surface area (Å²) in [7, 11) is 0. The standard InChI is InChI=1S/C21H23N3O6/c1-14(19(26)23-21(28)22-11-15-6-3-2-4-7-15)30-20(27)16-10-18(25)24(12-16)13-17-8-5-9-29-17/h2-9,14,16H,10-13H2,1H3,(H2,22,23,26,28)/t14-,16-/m0/s1. The SMILES string of the molecule is C[C@H](OC(=O)[C@H]1CC(=O)N(Cc2ccco2)C1)C(=O)NC(=O)NCc1ccccc1. The number of ether oxygens (including phenoxy) is 1. The van der Waals surface area contributed by atoms with Gasteiger partial charge in [-0.25, -0.2) is 4.79 Å². The van der Waals surface area contributed by atoms with Crippen LogP contribution in [0.3, 0.4) is 0 Å². The van der Waals surface area contributed by atoms with E-state index in [1.165, 1.54) is 18.1 Å². The first kappa shape index (κ1) is 21.1. The van der Waals surface area contributed by atoms with E-state index in [9.17, 15) is 19.2 Å². The lowest BCUT2D eigenvalue weighted by atomic mass is 10.1. The molecule has 0 bridgehead atoms. The summed E-state index contributed by atoms with van der Waals surface area (Å²) in [6, 6.07) is 12.0. The van der Waals surface area contributed by atoms with Gasteiger partial charge >= 0.3 is 12.0 Å². The van der Waals surface area contributed by atoms with Crippen molar-refractivity contribution < 1.29 is 28.3 Å². The number of carbonyl (C=O) groups is 4. The van der Waals surface area contributed by atoms with Gasteiger partial charge < -0.3 is 19.4 Å². The van der Waals surface area contributed by atoms with Crippen LogP contribution in [0, 0.1) is 5.92 Å². The van der Waals surface area contributed by atoms with Gasteiger partial charge in [0, 0.05) is 19.5 Å². The molecule has 30 heavy (non-hydrogen) atoms. The number of imide groups is 1. The van der Waals surface area contributed by atoms with Crippen LogP contribution < -0.4 is 10.6 Å². The third-order valence-corrected chi connectivity index (χ3v) is 4.67. The maximum atomic E-state index is 12.3. The molecule has 9 heteroatoms. The van der Waals surface area contributed by atoms with Crippen molar-refractivity contribution in [1.82, 2.24) is 15.5 Å². The quantitative estimate of drug-likeness (QED) is 0.666. The molecule has 2 aromatic rings. The average molecular weight is 413 g/mol. The maximum absolute atomic E-state index is 12.3. The Morgan fingerprint density at radius 3 is 2.67 bits per heavy atom. The van der Waals surface area contributed by atoms with Crippen LogP contribution in [0.5, 0.6) is 0 Å². The summed E-state index contributed by atoms with van der Waals surface area (Å²) in [6.07, 6.45) is 0.345. The van der Waals surface area contributed by atoms with Crippen molar-refractivity contribution in [1.29, 1.82) is 0 Å². The largest absolute Gasteiger partial charge is 0.467 e. The van der Waals surface area contributed by atoms with Crippen molar-refractivity contribution in [2.75, 3.05) is 6.54 Å². The van der Waals surface area contributed by atoms with Crippen molar-refractivity contribution in [3.63, 3.8) is 0 Å². The summed E-state index contributed by atoms with van der Waals surface area (Å²) < 4.78 is 10.4. The zero-order valence-corrected chi connectivity index (χ0v) is 16.5. The van der Waals surface area contributed by atoms with Gasteiger partial charge in [0.15, 0.2) is 6.10 Å². The number of nitrogens with zero attached hydrogens (tertiary/aromatic N) is 1. The summed E-state index contributed by atoms with van der Waals surface area (Å²) in [6.45, 7) is 2.08. The number of amides is 4. The third-order valence-electron chi connectivity index (χ3n) is 4.67. The summed E-state index contributed by atoms with van der Waals surface area (Å²) in [5.41, 5.74) is 0.879. The Kier molecular flexibility index (Phi) is 6.84. The molecule has 1 saturated heterocycles. The summed E-state index contributed by atoms with van der Waals surface area (Å²) in [5.74, 6) is -1.64. The molecule has 0 radical (unpaired) electrons. The summed E-state index contributed by atoms with van der Waals surface area (Å²) in [4.78, 5) is 49.9. The van der Waals surface area contributed by atoms with Gasteiger partial charge in [-0.2, -0.15) is 0 Å². The van der Waals surface area contributed by atoms with Crippen molar-refractivity contribution in [3.05, 3.63) is 60.1 Å². The number of rotatable bonds is 7. The molecular formula is C21H23N3O6. The van der Waals surface area contributed by atoms with Crippen LogP contribution in [0.15, 0.2) is 53.1 Å². The number of hydrogen-bond donors (Lipinski definition) is 2. The van der Waals surface area contributed by atoms with Gasteiger partial charge in [0.1, 0.15) is 5.76 Å². The first-order valence-corrected chi connectivity index (χ1v) is 9.55. The van der Waals surface area contributed by atoms with Crippen LogP contribution in [0.1, 0.15) is 24.7 Å². The Bertz CT molecular complexity index is 897. The Hall–Kier alpha value is -3.62. The monoisotopic (exact) mass is 413 g/mol. The molecule has 3 rings (SSSR count). The van der Waals surface area contributed by atoms with Gasteiger partial charge in [-0.3, -0.25) is 19.7 Å². The van der Waals surface area contributed by atoms with Crippen molar-refractivity contribution in [2.45, 2.75) is 32.5 Å². The van der Waals surface area contributed by atoms with E-state index in [1.54, 1.807) is 12.1 Å². The molecule has 0 spiro atoms. The van der Waals surface area contributed by atoms with E-state index in [1.807, 2.05) is 30.3 Å². The Balaban J connectivity index is 1.42. The van der Waals surface area contributed by atoms with E-state index >= 15 is 0 Å². The first-order chi connectivity index (χ1) is 14.4. The summed E-state index contributed by atoms with van der Waals surface area (Å²) >= 11 is 0. The smallest absolute Gasteiger partial charge is 0.321 e. The topological polar surface area (TPSA) is 118 Å². The second-order valence-corrected chi connectivity index (χ2v) is 6.99. The molecule has 1 aromatic heterocycles. The molecule has 0 unspecified atom stereocenters. The third kappa shape index (κ3) is 5.69. The fourth-order valence-electron chi connectivity index (χ4n) is 3.03. The Labute approximate surface area is 173 Å². The lowest BCUT2D eigenvalue weighted by Crippen LogP contribution is -2.45. The lowest BCUT2D eigenvalue weighted by Gasteiger charge is -2.17. The molecule has 1 fully saturated rings. The van der Waals surface area contributed by atoms with Gasteiger partial charge in [-0.15, -0.1) is 0 Å². The zero-order valence-electron chi connectivity index (χ0n) is 16.5. The molecule has 1 aromatic carbocycles. The first-order valence-electron chi connectivity index (χ1n) is 9.55. The number of furan rings is 1. The molecule has 4 amide bonds. The number of nitrogens with one attached hydrogen (secondary N) is 2. The number of benzene rings is 1. The highest BCUT2D eigenvalue weighted by Crippen LogP contribution is 2.22. The molecule has 2 heterocycles. The molecule has 1 aliphatic heterocycles. The molecule has 2 atom stereocenters. The molecule has 1 aliphatic rings. The van der Waals surface area contributed by atoms with E-state index in [2.05, 4.69) is 10.6 Å². The highest BCUT2D eigenvalue weighted by Gasteiger charge is 2.37. The van der Waals surface area contributed by atoms with Crippen molar-refractivity contribution >= 4 is 23.8 Å². The Morgan fingerprint density at radius 1 is 1.20 bits per heavy atom. The number of hydrogen-bond acceptors (Lipinski definition) is 6. The second-order valence-electron chi connectivity index (χ2n) is 6.99. The van der Waals surface area contributed by atoms with E-state index in [0.29, 0.717) is 5.76 Å². The van der Waals surface area contributed by atoms with Crippen molar-refractivity contribution in [2.24, 2.45) is 5.92 Å². The van der Waals surface area contributed by atoms with Crippen LogP contribution in [0.25, 0.3) is 0 Å². The molecular weight excluding hydrogens is 390 g/mol. The lowest BCUT2D eigenvalue weighted by molar-refractivity contribution is -0.158. The fraction of sp³-hybridized carbons (Fsp3) is 0.333. The number of carbonyl (C=O) groups excluding carboxylic acids is 4. The molecule has 9 nitrogen and oxygen atoms in total. The van der Waals surface area contributed by atoms with E-state index in [-0.39, 0.29) is 32.0 Å². The Morgan fingerprint density at radius 2 is 1.97 bits per heavy atom. The van der Waals surface area contributed by atoms with E-state index in [0.717, 1.165) is 5.56 Å². The number of esters is 1. The summed E-state index contributed by atoms with van der Waals surface area (Å²) in [5, 5.41) is 4.69. The van der Waals surface area contributed by atoms with Gasteiger partial charge in [0.05, 0.1) is 18.7 Å². The maximum Gasteiger partial charge on any atom is 0.321 e. The number of urea groups is 1. The van der Waals surface area contributed by atoms with E-state index < -0.39 is 29.9 Å². The average Bonchev–Trinajstić information content (AvgIpc) is 3.37. The van der Waals surface area contributed by atoms with Gasteiger partial charge in [0.2, 0.25) is 5.91 Å². The van der Waals surface area contributed by atoms with Gasteiger partial charge in [-0.05, 0) is 24.6 Å². The minimum atomic E-state index is -1.17. The van der Waals surface area contributed by atoms with Crippen LogP contribution in [0.4, 0.5) is 4.79 Å². The van der Waals surface area contributed by atoms with Crippen LogP contribution >= 0.6 is 0 Å². The highest BCUT2D eigenvalue weighted by atomic mass is 16.5. The molecule has 0 aliphatic carbocycles. The minimum Gasteiger partial charge on any atom is -0.467 e. The van der Waals surface area contributed by atoms with E-state index in [4.69, 9.17) is 9.15 Å². The highest BCUT2D eigenvalue weighted by molar-refractivity contribution is 5.97. The van der Waals surface area contributed by atoms with Gasteiger partial charge in [0.25, 0.3) is 5.91 Å². The van der Waals surface area contributed by atoms with Crippen LogP contribution in [-0.4, -0.2) is 41.4 Å². The predicted molar refractivity (Wildman–Crippen MR) is 105 cm³/mol. The normalized spacial score (nSPS) is 16.8. The van der Waals surface area contributed by atoms with Gasteiger partial charge in [-0.1, -0.05) is 30.3 Å². The zero-order chi connectivity index (χ0) is 21.5. The fourth-order valence-corrected chi connectivity index (χ4v) is 3.03. The molecule has 158 valence electrons. The molecule has 0 saturated carbocycles.